The van der Waals surface area contributed by atoms with E-state index in [9.17, 15) is 10.1 Å². The zero-order valence-electron chi connectivity index (χ0n) is 11.3. The van der Waals surface area contributed by atoms with Gasteiger partial charge in [0.05, 0.1) is 12.7 Å². The topological polar surface area (TPSA) is 50.1 Å². The van der Waals surface area contributed by atoms with Gasteiger partial charge in [-0.1, -0.05) is 24.3 Å². The Balaban J connectivity index is 2.60. The van der Waals surface area contributed by atoms with Crippen LogP contribution in [-0.2, 0) is 16.0 Å². The van der Waals surface area contributed by atoms with Crippen LogP contribution in [0.1, 0.15) is 23.3 Å². The summed E-state index contributed by atoms with van der Waals surface area (Å²) in [7, 11) is 0. The molecule has 0 aliphatic heterocycles. The van der Waals surface area contributed by atoms with Crippen molar-refractivity contribution in [2.45, 2.75) is 19.3 Å². The van der Waals surface area contributed by atoms with Gasteiger partial charge in [-0.15, -0.1) is 17.9 Å². The van der Waals surface area contributed by atoms with Crippen molar-refractivity contribution >= 4 is 27.4 Å². The zero-order chi connectivity index (χ0) is 14.5. The van der Waals surface area contributed by atoms with Gasteiger partial charge in [0.25, 0.3) is 0 Å². The molecule has 0 saturated heterocycles. The van der Waals surface area contributed by atoms with Crippen molar-refractivity contribution in [2.75, 3.05) is 6.61 Å². The van der Waals surface area contributed by atoms with Crippen molar-refractivity contribution in [3.63, 3.8) is 0 Å². The number of thiophene rings is 1. The molecule has 1 aromatic heterocycles. The van der Waals surface area contributed by atoms with Gasteiger partial charge in [-0.05, 0) is 24.8 Å². The summed E-state index contributed by atoms with van der Waals surface area (Å²) in [6.07, 6.45) is 2.43. The highest BCUT2D eigenvalue weighted by molar-refractivity contribution is 7.19. The summed E-state index contributed by atoms with van der Waals surface area (Å²) < 4.78 is 6.09. The summed E-state index contributed by atoms with van der Waals surface area (Å²) in [6.45, 7) is 5.75. The molecule has 1 heterocycles. The van der Waals surface area contributed by atoms with Crippen LogP contribution in [0.5, 0.6) is 0 Å². The first-order chi connectivity index (χ1) is 9.72. The Morgan fingerprint density at radius 2 is 2.30 bits per heavy atom. The third-order valence-electron chi connectivity index (χ3n) is 2.98. The number of hydrogen-bond acceptors (Lipinski definition) is 4. The normalized spacial score (nSPS) is 11.8. The van der Waals surface area contributed by atoms with Gasteiger partial charge in [0.15, 0.2) is 5.92 Å². The van der Waals surface area contributed by atoms with E-state index in [0.29, 0.717) is 6.42 Å². The Kier molecular flexibility index (Phi) is 4.54. The van der Waals surface area contributed by atoms with E-state index in [-0.39, 0.29) is 6.61 Å². The molecule has 0 aliphatic carbocycles. The van der Waals surface area contributed by atoms with Crippen LogP contribution in [-0.4, -0.2) is 12.6 Å². The fourth-order valence-electron chi connectivity index (χ4n) is 2.18. The van der Waals surface area contributed by atoms with Crippen molar-refractivity contribution in [1.29, 1.82) is 5.26 Å². The second-order valence-corrected chi connectivity index (χ2v) is 5.38. The average molecular weight is 285 g/mol. The number of esters is 1. The van der Waals surface area contributed by atoms with Crippen molar-refractivity contribution in [3.05, 3.63) is 47.4 Å². The average Bonchev–Trinajstić information content (AvgIpc) is 2.79. The summed E-state index contributed by atoms with van der Waals surface area (Å²) in [5.74, 6) is -1.36. The second kappa shape index (κ2) is 6.36. The van der Waals surface area contributed by atoms with Crippen LogP contribution in [0.4, 0.5) is 0 Å². The molecular weight excluding hydrogens is 270 g/mol. The minimum Gasteiger partial charge on any atom is -0.465 e. The maximum atomic E-state index is 12.0. The first-order valence-electron chi connectivity index (χ1n) is 6.40. The molecule has 102 valence electrons. The number of fused-ring (bicyclic) bond motifs is 1. The molecule has 0 amide bonds. The molecule has 3 nitrogen and oxygen atoms in total. The number of allylic oxidation sites excluding steroid dienone is 1. The molecule has 0 N–H and O–H groups in total. The monoisotopic (exact) mass is 285 g/mol. The van der Waals surface area contributed by atoms with Gasteiger partial charge < -0.3 is 4.74 Å². The van der Waals surface area contributed by atoms with E-state index >= 15 is 0 Å². The highest BCUT2D eigenvalue weighted by Gasteiger charge is 2.27. The van der Waals surface area contributed by atoms with Crippen LogP contribution in [0.3, 0.4) is 0 Å². The van der Waals surface area contributed by atoms with Gasteiger partial charge in [-0.3, -0.25) is 4.79 Å². The number of nitrogens with zero attached hydrogens (tertiary/aromatic N) is 1. The molecule has 0 spiro atoms. The SMILES string of the molecule is C=CCc1sc2ccccc2c1C(C#N)C(=O)OCC. The van der Waals surface area contributed by atoms with E-state index in [1.807, 2.05) is 24.3 Å². The highest BCUT2D eigenvalue weighted by Crippen LogP contribution is 2.37. The molecule has 0 saturated carbocycles. The predicted octanol–water partition coefficient (Wildman–Crippen LogP) is 3.80. The molecule has 2 aromatic rings. The number of rotatable bonds is 5. The molecule has 0 fully saturated rings. The number of carbonyl (C=O) groups is 1. The summed E-state index contributed by atoms with van der Waals surface area (Å²) in [5.41, 5.74) is 0.770. The van der Waals surface area contributed by atoms with Crippen LogP contribution in [0.2, 0.25) is 0 Å². The van der Waals surface area contributed by atoms with Crippen molar-refractivity contribution in [3.8, 4) is 6.07 Å². The standard InChI is InChI=1S/C16H15NO2S/c1-3-7-14-15(12(10-17)16(18)19-4-2)11-8-5-6-9-13(11)20-14/h3,5-6,8-9,12H,1,4,7H2,2H3. The third-order valence-corrected chi connectivity index (χ3v) is 4.19. The van der Waals surface area contributed by atoms with Crippen LogP contribution in [0.25, 0.3) is 10.1 Å². The molecule has 1 aromatic carbocycles. The fraction of sp³-hybridized carbons (Fsp3) is 0.250. The number of benzene rings is 1. The molecule has 1 unspecified atom stereocenters. The van der Waals surface area contributed by atoms with Crippen molar-refractivity contribution in [1.82, 2.24) is 0 Å². The van der Waals surface area contributed by atoms with Gasteiger partial charge in [-0.25, -0.2) is 0 Å². The fourth-order valence-corrected chi connectivity index (χ4v) is 3.41. The van der Waals surface area contributed by atoms with Crippen LogP contribution >= 0.6 is 11.3 Å². The van der Waals surface area contributed by atoms with E-state index in [0.717, 1.165) is 20.5 Å². The Hall–Kier alpha value is -2.12. The third kappa shape index (κ3) is 2.59. The zero-order valence-corrected chi connectivity index (χ0v) is 12.1. The van der Waals surface area contributed by atoms with Crippen LogP contribution in [0, 0.1) is 11.3 Å². The Labute approximate surface area is 122 Å². The van der Waals surface area contributed by atoms with E-state index in [4.69, 9.17) is 4.74 Å². The maximum Gasteiger partial charge on any atom is 0.327 e. The summed E-state index contributed by atoms with van der Waals surface area (Å²) in [5, 5.41) is 10.3. The molecule has 0 radical (unpaired) electrons. The lowest BCUT2D eigenvalue weighted by Crippen LogP contribution is -2.15. The van der Waals surface area contributed by atoms with E-state index < -0.39 is 11.9 Å². The van der Waals surface area contributed by atoms with Crippen LogP contribution < -0.4 is 0 Å². The minimum absolute atomic E-state index is 0.274. The number of ether oxygens (including phenoxy) is 1. The quantitative estimate of drug-likeness (QED) is 0.620. The molecule has 1 atom stereocenters. The lowest BCUT2D eigenvalue weighted by Gasteiger charge is -2.10. The van der Waals surface area contributed by atoms with Gasteiger partial charge >= 0.3 is 5.97 Å². The first kappa shape index (κ1) is 14.3. The van der Waals surface area contributed by atoms with Gasteiger partial charge in [0, 0.05) is 15.1 Å². The maximum absolute atomic E-state index is 12.0. The van der Waals surface area contributed by atoms with Gasteiger partial charge in [-0.2, -0.15) is 5.26 Å². The Morgan fingerprint density at radius 1 is 1.55 bits per heavy atom. The molecule has 20 heavy (non-hydrogen) atoms. The van der Waals surface area contributed by atoms with Gasteiger partial charge in [0.2, 0.25) is 0 Å². The smallest absolute Gasteiger partial charge is 0.327 e. The number of nitriles is 1. The molecule has 4 heteroatoms. The lowest BCUT2D eigenvalue weighted by atomic mass is 9.96. The summed E-state index contributed by atoms with van der Waals surface area (Å²) in [6, 6.07) is 9.88. The lowest BCUT2D eigenvalue weighted by molar-refractivity contribution is -0.143. The Bertz CT molecular complexity index is 681. The molecular formula is C16H15NO2S. The molecule has 0 bridgehead atoms. The van der Waals surface area contributed by atoms with Crippen molar-refractivity contribution < 1.29 is 9.53 Å². The highest BCUT2D eigenvalue weighted by atomic mass is 32.1. The van der Waals surface area contributed by atoms with Crippen molar-refractivity contribution in [2.24, 2.45) is 0 Å². The number of hydrogen-bond donors (Lipinski definition) is 0. The number of carbonyl (C=O) groups excluding carboxylic acids is 1. The van der Waals surface area contributed by atoms with E-state index in [1.54, 1.807) is 24.3 Å². The first-order valence-corrected chi connectivity index (χ1v) is 7.22. The predicted molar refractivity (Wildman–Crippen MR) is 80.7 cm³/mol. The van der Waals surface area contributed by atoms with Gasteiger partial charge in [0.1, 0.15) is 0 Å². The molecule has 0 aliphatic rings. The van der Waals surface area contributed by atoms with Crippen LogP contribution in [0.15, 0.2) is 36.9 Å². The second-order valence-electron chi connectivity index (χ2n) is 4.24. The Morgan fingerprint density at radius 3 is 2.95 bits per heavy atom. The largest absolute Gasteiger partial charge is 0.465 e. The summed E-state index contributed by atoms with van der Waals surface area (Å²) in [4.78, 5) is 13.0. The van der Waals surface area contributed by atoms with E-state index in [1.165, 1.54) is 0 Å². The minimum atomic E-state index is -0.874. The molecule has 2 rings (SSSR count). The van der Waals surface area contributed by atoms with E-state index in [2.05, 4.69) is 12.6 Å². The summed E-state index contributed by atoms with van der Waals surface area (Å²) >= 11 is 1.60.